The van der Waals surface area contributed by atoms with E-state index in [-0.39, 0.29) is 30.7 Å². The van der Waals surface area contributed by atoms with Gasteiger partial charge in [0.2, 0.25) is 11.8 Å². The van der Waals surface area contributed by atoms with Crippen molar-refractivity contribution >= 4 is 29.4 Å². The van der Waals surface area contributed by atoms with E-state index < -0.39 is 11.9 Å². The predicted molar refractivity (Wildman–Crippen MR) is 173 cm³/mol. The van der Waals surface area contributed by atoms with Crippen LogP contribution in [0.15, 0.2) is 85.1 Å². The molecule has 2 N–H and O–H groups in total. The number of fused-ring (bicyclic) bond motifs is 1. The van der Waals surface area contributed by atoms with Crippen LogP contribution in [0.2, 0.25) is 5.02 Å². The maximum absolute atomic E-state index is 14.5. The monoisotopic (exact) mass is 625 g/mol. The summed E-state index contributed by atoms with van der Waals surface area (Å²) in [5, 5.41) is 12.1. The van der Waals surface area contributed by atoms with E-state index >= 15 is 0 Å². The first-order valence-electron chi connectivity index (χ1n) is 15.0. The number of carbonyl (C=O) groups is 3. The van der Waals surface area contributed by atoms with Crippen LogP contribution in [0.1, 0.15) is 70.6 Å². The third kappa shape index (κ3) is 7.52. The Kier molecular flexibility index (Phi) is 10.1. The van der Waals surface area contributed by atoms with Gasteiger partial charge in [-0.2, -0.15) is 0 Å². The van der Waals surface area contributed by atoms with Crippen LogP contribution < -0.4 is 10.1 Å². The summed E-state index contributed by atoms with van der Waals surface area (Å²) in [5.41, 5.74) is 6.54. The van der Waals surface area contributed by atoms with Gasteiger partial charge in [0.15, 0.2) is 0 Å². The second-order valence-electron chi connectivity index (χ2n) is 11.2. The molecule has 0 aliphatic carbocycles. The van der Waals surface area contributed by atoms with E-state index in [1.807, 2.05) is 53.4 Å². The molecule has 0 bridgehead atoms. The van der Waals surface area contributed by atoms with Crippen molar-refractivity contribution in [2.45, 2.75) is 51.1 Å². The van der Waals surface area contributed by atoms with E-state index in [0.717, 1.165) is 46.2 Å². The van der Waals surface area contributed by atoms with Crippen LogP contribution in [0.4, 0.5) is 0 Å². The number of rotatable bonds is 12. The SMILES string of the molecule is CCCC(c1ccc(C(=O)NCCC(=O)O)cc1)C(C(=O)N1Cc2ccc(-c3ccnc(OC)c3)cc2C1)c1ccc(Cl)cc1. The molecule has 0 radical (unpaired) electrons. The number of carboxylic acids is 1. The lowest BCUT2D eigenvalue weighted by Gasteiger charge is -2.31. The van der Waals surface area contributed by atoms with E-state index in [0.29, 0.717) is 29.6 Å². The van der Waals surface area contributed by atoms with Gasteiger partial charge in [-0.25, -0.2) is 4.98 Å². The van der Waals surface area contributed by atoms with Gasteiger partial charge in [0, 0.05) is 42.5 Å². The summed E-state index contributed by atoms with van der Waals surface area (Å²) in [6, 6.07) is 24.9. The van der Waals surface area contributed by atoms with Gasteiger partial charge < -0.3 is 20.1 Å². The van der Waals surface area contributed by atoms with Crippen LogP contribution in [-0.4, -0.2) is 46.4 Å². The normalized spacial score (nSPS) is 13.5. The molecule has 4 aromatic rings. The molecule has 0 spiro atoms. The predicted octanol–water partition coefficient (Wildman–Crippen LogP) is 6.83. The minimum Gasteiger partial charge on any atom is -0.481 e. The van der Waals surface area contributed by atoms with Gasteiger partial charge >= 0.3 is 5.97 Å². The van der Waals surface area contributed by atoms with Gasteiger partial charge in [0.1, 0.15) is 0 Å². The first-order chi connectivity index (χ1) is 21.8. The number of ether oxygens (including phenoxy) is 1. The second-order valence-corrected chi connectivity index (χ2v) is 11.6. The fourth-order valence-corrected chi connectivity index (χ4v) is 6.07. The summed E-state index contributed by atoms with van der Waals surface area (Å²) in [5.74, 6) is -1.33. The number of amides is 2. The Morgan fingerprint density at radius 2 is 1.62 bits per heavy atom. The third-order valence-corrected chi connectivity index (χ3v) is 8.49. The number of pyridine rings is 1. The van der Waals surface area contributed by atoms with Gasteiger partial charge in [-0.05, 0) is 82.1 Å². The van der Waals surface area contributed by atoms with Crippen molar-refractivity contribution in [3.63, 3.8) is 0 Å². The second kappa shape index (κ2) is 14.4. The zero-order chi connectivity index (χ0) is 31.9. The van der Waals surface area contributed by atoms with Gasteiger partial charge in [-0.1, -0.05) is 61.3 Å². The number of carboxylic acid groups (broad SMARTS) is 1. The Hall–Kier alpha value is -4.69. The highest BCUT2D eigenvalue weighted by atomic mass is 35.5. The number of benzene rings is 3. The van der Waals surface area contributed by atoms with Gasteiger partial charge in [0.25, 0.3) is 5.91 Å². The van der Waals surface area contributed by atoms with Crippen LogP contribution in [-0.2, 0) is 22.7 Å². The molecule has 232 valence electrons. The quantitative estimate of drug-likeness (QED) is 0.179. The molecule has 0 saturated heterocycles. The summed E-state index contributed by atoms with van der Waals surface area (Å²) < 4.78 is 5.30. The molecule has 0 fully saturated rings. The van der Waals surface area contributed by atoms with Crippen molar-refractivity contribution in [3.8, 4) is 17.0 Å². The van der Waals surface area contributed by atoms with E-state index in [1.54, 1.807) is 25.4 Å². The number of methoxy groups -OCH3 is 1. The molecule has 2 heterocycles. The molecule has 2 unspecified atom stereocenters. The van der Waals surface area contributed by atoms with Gasteiger partial charge in [-0.3, -0.25) is 14.4 Å². The number of aliphatic carboxylic acids is 1. The standard InChI is InChI=1S/C36H36ClN3O5/c1-3-4-31(23-5-7-25(8-6-23)35(43)39-18-16-33(41)42)34(24-11-13-30(37)14-12-24)36(44)40-21-28-10-9-26(19-29(28)22-40)27-15-17-38-32(20-27)45-2/h5-15,17,19-20,31,34H,3-4,16,18,21-22H2,1-2H3,(H,39,43)(H,41,42). The lowest BCUT2D eigenvalue weighted by Crippen LogP contribution is -2.34. The summed E-state index contributed by atoms with van der Waals surface area (Å²) in [7, 11) is 1.59. The van der Waals surface area contributed by atoms with Crippen molar-refractivity contribution < 1.29 is 24.2 Å². The van der Waals surface area contributed by atoms with Crippen molar-refractivity contribution in [2.24, 2.45) is 0 Å². The molecule has 2 amide bonds. The van der Waals surface area contributed by atoms with E-state index in [2.05, 4.69) is 35.4 Å². The molecule has 1 aliphatic rings. The lowest BCUT2D eigenvalue weighted by atomic mass is 9.77. The minimum absolute atomic E-state index is 0.0367. The molecule has 5 rings (SSSR count). The molecule has 45 heavy (non-hydrogen) atoms. The fraction of sp³-hybridized carbons (Fsp3) is 0.278. The third-order valence-electron chi connectivity index (χ3n) is 8.24. The number of hydrogen-bond acceptors (Lipinski definition) is 5. The lowest BCUT2D eigenvalue weighted by molar-refractivity contribution is -0.137. The molecule has 1 aromatic heterocycles. The van der Waals surface area contributed by atoms with Crippen molar-refractivity contribution in [2.75, 3.05) is 13.7 Å². The summed E-state index contributed by atoms with van der Waals surface area (Å²) in [4.78, 5) is 44.0. The molecule has 2 atom stereocenters. The number of aromatic nitrogens is 1. The maximum Gasteiger partial charge on any atom is 0.305 e. The highest BCUT2D eigenvalue weighted by Gasteiger charge is 2.36. The number of nitrogens with one attached hydrogen (secondary N) is 1. The smallest absolute Gasteiger partial charge is 0.305 e. The Morgan fingerprint density at radius 3 is 2.31 bits per heavy atom. The van der Waals surface area contributed by atoms with Crippen molar-refractivity contribution in [3.05, 3.63) is 118 Å². The summed E-state index contributed by atoms with van der Waals surface area (Å²) >= 11 is 6.25. The Balaban J connectivity index is 1.42. The molecule has 0 saturated carbocycles. The Morgan fingerprint density at radius 1 is 0.933 bits per heavy atom. The molecular formula is C36H36ClN3O5. The number of halogens is 1. The maximum atomic E-state index is 14.5. The Labute approximate surface area is 268 Å². The number of hydrogen-bond donors (Lipinski definition) is 2. The zero-order valence-corrected chi connectivity index (χ0v) is 26.1. The van der Waals surface area contributed by atoms with Crippen molar-refractivity contribution in [1.29, 1.82) is 0 Å². The topological polar surface area (TPSA) is 109 Å². The summed E-state index contributed by atoms with van der Waals surface area (Å²) in [6.45, 7) is 3.18. The zero-order valence-electron chi connectivity index (χ0n) is 25.3. The highest BCUT2D eigenvalue weighted by molar-refractivity contribution is 6.30. The van der Waals surface area contributed by atoms with Crippen molar-refractivity contribution in [1.82, 2.24) is 15.2 Å². The molecule has 3 aromatic carbocycles. The van der Waals surface area contributed by atoms with Crippen LogP contribution >= 0.6 is 11.6 Å². The first kappa shape index (κ1) is 31.7. The van der Waals surface area contributed by atoms with Crippen LogP contribution in [0, 0.1) is 0 Å². The van der Waals surface area contributed by atoms with Gasteiger partial charge in [-0.15, -0.1) is 0 Å². The first-order valence-corrected chi connectivity index (χ1v) is 15.4. The molecule has 1 aliphatic heterocycles. The molecular weight excluding hydrogens is 590 g/mol. The largest absolute Gasteiger partial charge is 0.481 e. The number of nitrogens with zero attached hydrogens (tertiary/aromatic N) is 2. The average molecular weight is 626 g/mol. The van der Waals surface area contributed by atoms with Crippen LogP contribution in [0.5, 0.6) is 5.88 Å². The average Bonchev–Trinajstić information content (AvgIpc) is 3.49. The summed E-state index contributed by atoms with van der Waals surface area (Å²) in [6.07, 6.45) is 3.20. The van der Waals surface area contributed by atoms with Crippen LogP contribution in [0.3, 0.4) is 0 Å². The fourth-order valence-electron chi connectivity index (χ4n) is 5.95. The molecule has 8 nitrogen and oxygen atoms in total. The highest BCUT2D eigenvalue weighted by Crippen LogP contribution is 2.40. The minimum atomic E-state index is -0.970. The van der Waals surface area contributed by atoms with E-state index in [1.165, 1.54) is 0 Å². The molecule has 9 heteroatoms. The Bertz CT molecular complexity index is 1670. The van der Waals surface area contributed by atoms with E-state index in [4.69, 9.17) is 21.4 Å². The van der Waals surface area contributed by atoms with E-state index in [9.17, 15) is 14.4 Å². The number of carbonyl (C=O) groups excluding carboxylic acids is 2. The van der Waals surface area contributed by atoms with Gasteiger partial charge in [0.05, 0.1) is 19.4 Å². The van der Waals surface area contributed by atoms with Crippen LogP contribution in [0.25, 0.3) is 11.1 Å².